The van der Waals surface area contributed by atoms with Crippen LogP contribution in [0.15, 0.2) is 35.4 Å². The maximum absolute atomic E-state index is 12.0. The maximum atomic E-state index is 12.0. The molecule has 31 heavy (non-hydrogen) atoms. The highest BCUT2D eigenvalue weighted by molar-refractivity contribution is 14.1. The first kappa shape index (κ1) is 24.9. The molecule has 9 heteroatoms. The van der Waals surface area contributed by atoms with Crippen LogP contribution in [0.2, 0.25) is 5.02 Å². The van der Waals surface area contributed by atoms with Gasteiger partial charge in [0.2, 0.25) is 11.8 Å². The second-order valence-electron chi connectivity index (χ2n) is 6.50. The summed E-state index contributed by atoms with van der Waals surface area (Å²) in [5, 5.41) is 7.26. The number of rotatable bonds is 10. The molecule has 0 aromatic heterocycles. The molecule has 0 saturated heterocycles. The average molecular weight is 558 g/mol. The molecule has 0 atom stereocenters. The lowest BCUT2D eigenvalue weighted by molar-refractivity contribution is -0.124. The third-order valence-electron chi connectivity index (χ3n) is 4.06. The number of amides is 2. The lowest BCUT2D eigenvalue weighted by Crippen LogP contribution is -2.20. The Morgan fingerprint density at radius 1 is 1.10 bits per heavy atom. The van der Waals surface area contributed by atoms with Crippen LogP contribution in [0.1, 0.15) is 37.8 Å². The van der Waals surface area contributed by atoms with Gasteiger partial charge in [-0.25, -0.2) is 5.43 Å². The van der Waals surface area contributed by atoms with Crippen molar-refractivity contribution >= 4 is 57.9 Å². The predicted molar refractivity (Wildman–Crippen MR) is 131 cm³/mol. The molecular weight excluding hydrogens is 533 g/mol. The van der Waals surface area contributed by atoms with E-state index < -0.39 is 0 Å². The Kier molecular flexibility index (Phi) is 10.1. The molecule has 0 bridgehead atoms. The second-order valence-corrected chi connectivity index (χ2v) is 8.07. The summed E-state index contributed by atoms with van der Waals surface area (Å²) in [6, 6.07) is 8.93. The van der Waals surface area contributed by atoms with Gasteiger partial charge in [-0.05, 0) is 78.8 Å². The molecule has 2 amide bonds. The molecule has 0 aliphatic heterocycles. The molecule has 0 aliphatic rings. The van der Waals surface area contributed by atoms with Gasteiger partial charge in [0.25, 0.3) is 0 Å². The molecule has 2 rings (SSSR count). The average Bonchev–Trinajstić information content (AvgIpc) is 2.72. The Bertz CT molecular complexity index is 966. The maximum Gasteiger partial charge on any atom is 0.240 e. The molecule has 0 aliphatic carbocycles. The predicted octanol–water partition coefficient (Wildman–Crippen LogP) is 4.92. The van der Waals surface area contributed by atoms with Gasteiger partial charge in [-0.1, -0.05) is 17.7 Å². The highest BCUT2D eigenvalue weighted by Gasteiger charge is 2.11. The monoisotopic (exact) mass is 557 g/mol. The minimum atomic E-state index is -0.362. The van der Waals surface area contributed by atoms with E-state index in [1.54, 1.807) is 18.2 Å². The fraction of sp³-hybridized carbons (Fsp3) is 0.318. The minimum absolute atomic E-state index is 0.00771. The number of aryl methyl sites for hydroxylation is 1. The van der Waals surface area contributed by atoms with E-state index in [4.69, 9.17) is 21.1 Å². The zero-order chi connectivity index (χ0) is 22.8. The summed E-state index contributed by atoms with van der Waals surface area (Å²) in [4.78, 5) is 24.0. The van der Waals surface area contributed by atoms with Crippen molar-refractivity contribution in [1.29, 1.82) is 0 Å². The van der Waals surface area contributed by atoms with Gasteiger partial charge in [-0.15, -0.1) is 0 Å². The van der Waals surface area contributed by atoms with Gasteiger partial charge in [0, 0.05) is 23.6 Å². The largest absolute Gasteiger partial charge is 0.490 e. The fourth-order valence-electron chi connectivity index (χ4n) is 2.57. The Labute approximate surface area is 200 Å². The van der Waals surface area contributed by atoms with Crippen LogP contribution in [0, 0.1) is 10.5 Å². The summed E-state index contributed by atoms with van der Waals surface area (Å²) in [7, 11) is 0. The fourth-order valence-corrected chi connectivity index (χ4v) is 3.53. The highest BCUT2D eigenvalue weighted by atomic mass is 127. The number of ether oxygens (including phenoxy) is 2. The first-order valence-electron chi connectivity index (χ1n) is 9.81. The van der Waals surface area contributed by atoms with Gasteiger partial charge < -0.3 is 14.8 Å². The molecule has 166 valence electrons. The summed E-state index contributed by atoms with van der Waals surface area (Å²) in [6.07, 6.45) is 1.56. The quantitative estimate of drug-likeness (QED) is 0.247. The molecule has 0 unspecified atom stereocenters. The van der Waals surface area contributed by atoms with Gasteiger partial charge in [-0.2, -0.15) is 5.10 Å². The first-order chi connectivity index (χ1) is 14.8. The molecule has 0 radical (unpaired) electrons. The van der Waals surface area contributed by atoms with Crippen LogP contribution in [0.3, 0.4) is 0 Å². The number of nitrogens with zero attached hydrogens (tertiary/aromatic N) is 1. The van der Waals surface area contributed by atoms with Crippen molar-refractivity contribution in [2.45, 2.75) is 33.6 Å². The van der Waals surface area contributed by atoms with Crippen LogP contribution >= 0.6 is 34.2 Å². The first-order valence-corrected chi connectivity index (χ1v) is 11.3. The smallest absolute Gasteiger partial charge is 0.240 e. The van der Waals surface area contributed by atoms with E-state index >= 15 is 0 Å². The van der Waals surface area contributed by atoms with E-state index in [0.29, 0.717) is 35.4 Å². The molecule has 2 N–H and O–H groups in total. The minimum Gasteiger partial charge on any atom is -0.490 e. The zero-order valence-electron chi connectivity index (χ0n) is 17.6. The summed E-state index contributed by atoms with van der Waals surface area (Å²) >= 11 is 8.21. The Balaban J connectivity index is 1.87. The molecule has 0 spiro atoms. The van der Waals surface area contributed by atoms with Crippen molar-refractivity contribution in [3.63, 3.8) is 0 Å². The van der Waals surface area contributed by atoms with E-state index in [1.165, 1.54) is 6.21 Å². The molecule has 2 aromatic carbocycles. The van der Waals surface area contributed by atoms with E-state index in [-0.39, 0.29) is 24.7 Å². The molecule has 0 fully saturated rings. The third kappa shape index (κ3) is 8.02. The highest BCUT2D eigenvalue weighted by Crippen LogP contribution is 2.33. The lowest BCUT2D eigenvalue weighted by atomic mass is 10.2. The number of anilines is 1. The van der Waals surface area contributed by atoms with Gasteiger partial charge in [0.05, 0.1) is 23.0 Å². The number of nitrogens with one attached hydrogen (secondary N) is 2. The van der Waals surface area contributed by atoms with Crippen molar-refractivity contribution in [2.75, 3.05) is 18.5 Å². The number of carbonyl (C=O) groups is 2. The Morgan fingerprint density at radius 2 is 1.81 bits per heavy atom. The van der Waals surface area contributed by atoms with Crippen molar-refractivity contribution in [3.05, 3.63) is 50.1 Å². The van der Waals surface area contributed by atoms with Crippen molar-refractivity contribution in [2.24, 2.45) is 5.10 Å². The van der Waals surface area contributed by atoms with E-state index in [9.17, 15) is 9.59 Å². The lowest BCUT2D eigenvalue weighted by Gasteiger charge is -2.13. The number of benzene rings is 2. The number of halogens is 2. The van der Waals surface area contributed by atoms with Crippen molar-refractivity contribution in [3.8, 4) is 11.5 Å². The Morgan fingerprint density at radius 3 is 2.48 bits per heavy atom. The van der Waals surface area contributed by atoms with Crippen molar-refractivity contribution in [1.82, 2.24) is 5.43 Å². The zero-order valence-corrected chi connectivity index (χ0v) is 20.5. The standard InChI is InChI=1S/C22H25ClIN3O4/c1-4-30-19-11-15(10-18(24)22(19)31-5-2)13-25-27-21(29)9-8-20(28)26-16-7-6-14(3)17(23)12-16/h6-7,10-13H,4-5,8-9H2,1-3H3,(H,26,28)(H,27,29). The molecule has 7 nitrogen and oxygen atoms in total. The molecule has 0 saturated carbocycles. The van der Waals surface area contributed by atoms with E-state index in [0.717, 1.165) is 14.7 Å². The summed E-state index contributed by atoms with van der Waals surface area (Å²) in [5.74, 6) is 0.671. The SMILES string of the molecule is CCOc1cc(C=NNC(=O)CCC(=O)Nc2ccc(C)c(Cl)c2)cc(I)c1OCC. The summed E-state index contributed by atoms with van der Waals surface area (Å²) in [6.45, 7) is 6.72. The number of hydrogen-bond donors (Lipinski definition) is 2. The van der Waals surface area contributed by atoms with Gasteiger partial charge in [-0.3, -0.25) is 9.59 Å². The van der Waals surface area contributed by atoms with Crippen LogP contribution in [0.5, 0.6) is 11.5 Å². The van der Waals surface area contributed by atoms with Crippen molar-refractivity contribution < 1.29 is 19.1 Å². The van der Waals surface area contributed by atoms with E-state index in [2.05, 4.69) is 38.4 Å². The van der Waals surface area contributed by atoms with Crippen LogP contribution < -0.4 is 20.2 Å². The Hall–Kier alpha value is -2.33. The number of hydrazone groups is 1. The topological polar surface area (TPSA) is 89.0 Å². The van der Waals surface area contributed by atoms with Crippen LogP contribution in [-0.2, 0) is 9.59 Å². The molecular formula is C22H25ClIN3O4. The van der Waals surface area contributed by atoms with Crippen LogP contribution in [-0.4, -0.2) is 31.2 Å². The second kappa shape index (κ2) is 12.5. The number of hydrogen-bond acceptors (Lipinski definition) is 5. The van der Waals surface area contributed by atoms with E-state index in [1.807, 2.05) is 32.9 Å². The third-order valence-corrected chi connectivity index (χ3v) is 5.27. The molecule has 2 aromatic rings. The molecule has 0 heterocycles. The van der Waals surface area contributed by atoms with Crippen LogP contribution in [0.25, 0.3) is 0 Å². The summed E-state index contributed by atoms with van der Waals surface area (Å²) in [5.41, 5.74) is 4.70. The van der Waals surface area contributed by atoms with Gasteiger partial charge in [0.15, 0.2) is 11.5 Å². The van der Waals surface area contributed by atoms with Gasteiger partial charge >= 0.3 is 0 Å². The number of carbonyl (C=O) groups excluding carboxylic acids is 2. The summed E-state index contributed by atoms with van der Waals surface area (Å²) < 4.78 is 12.2. The van der Waals surface area contributed by atoms with Crippen LogP contribution in [0.4, 0.5) is 5.69 Å². The normalized spacial score (nSPS) is 10.7. The van der Waals surface area contributed by atoms with Gasteiger partial charge in [0.1, 0.15) is 0 Å².